The summed E-state index contributed by atoms with van der Waals surface area (Å²) in [6.07, 6.45) is 8.23. The minimum Gasteiger partial charge on any atom is -0.361 e. The fourth-order valence-electron chi connectivity index (χ4n) is 1.50. The lowest BCUT2D eigenvalue weighted by molar-refractivity contribution is 0.789. The van der Waals surface area contributed by atoms with E-state index in [2.05, 4.69) is 22.3 Å². The topological polar surface area (TPSA) is 24.9 Å². The molecule has 1 N–H and O–H groups in total. The Kier molecular flexibility index (Phi) is 3.79. The van der Waals surface area contributed by atoms with Crippen molar-refractivity contribution in [2.75, 3.05) is 11.9 Å². The van der Waals surface area contributed by atoms with E-state index in [0.717, 1.165) is 36.5 Å². The molecule has 2 aromatic rings. The van der Waals surface area contributed by atoms with Gasteiger partial charge in [0.25, 0.3) is 0 Å². The second-order valence-corrected chi connectivity index (χ2v) is 4.61. The molecule has 0 saturated carbocycles. The van der Waals surface area contributed by atoms with Crippen molar-refractivity contribution in [2.45, 2.75) is 19.3 Å². The number of unbranched alkanes of at least 4 members (excludes halogenated alkanes) is 2. The van der Waals surface area contributed by atoms with Crippen molar-refractivity contribution >= 4 is 26.7 Å². The Hall–Kier alpha value is -1.53. The van der Waals surface area contributed by atoms with E-state index in [1.165, 1.54) is 4.70 Å². The summed E-state index contributed by atoms with van der Waals surface area (Å²) in [6.45, 7) is 0.946. The molecule has 0 saturated heterocycles. The first-order valence-corrected chi connectivity index (χ1v) is 6.25. The number of benzene rings is 1. The molecule has 1 heterocycles. The fraction of sp³-hybridized carbons (Fsp3) is 0.308. The van der Waals surface area contributed by atoms with Crippen LogP contribution in [0, 0.1) is 12.3 Å². The number of nitrogens with zero attached hydrogens (tertiary/aromatic N) is 1. The molecule has 16 heavy (non-hydrogen) atoms. The van der Waals surface area contributed by atoms with Crippen LogP contribution in [-0.2, 0) is 0 Å². The maximum absolute atomic E-state index is 5.19. The van der Waals surface area contributed by atoms with Crippen molar-refractivity contribution < 1.29 is 0 Å². The predicted octanol–water partition coefficient (Wildman–Crippen LogP) is 3.51. The molecule has 0 aliphatic heterocycles. The van der Waals surface area contributed by atoms with Gasteiger partial charge in [-0.05, 0) is 25.0 Å². The van der Waals surface area contributed by atoms with Crippen LogP contribution in [0.25, 0.3) is 10.2 Å². The molecule has 2 nitrogen and oxygen atoms in total. The van der Waals surface area contributed by atoms with E-state index >= 15 is 0 Å². The van der Waals surface area contributed by atoms with Gasteiger partial charge in [0.15, 0.2) is 5.13 Å². The third-order valence-corrected chi connectivity index (χ3v) is 3.31. The number of nitrogens with one attached hydrogen (secondary N) is 1. The van der Waals surface area contributed by atoms with Crippen molar-refractivity contribution in [3.63, 3.8) is 0 Å². The molecule has 3 heteroatoms. The third kappa shape index (κ3) is 2.74. The quantitative estimate of drug-likeness (QED) is 0.628. The van der Waals surface area contributed by atoms with Gasteiger partial charge in [-0.25, -0.2) is 4.98 Å². The van der Waals surface area contributed by atoms with E-state index in [1.807, 2.05) is 18.2 Å². The van der Waals surface area contributed by atoms with E-state index in [4.69, 9.17) is 6.42 Å². The van der Waals surface area contributed by atoms with Crippen LogP contribution < -0.4 is 5.32 Å². The van der Waals surface area contributed by atoms with Crippen LogP contribution in [0.1, 0.15) is 19.3 Å². The minimum absolute atomic E-state index is 0.863. The van der Waals surface area contributed by atoms with E-state index < -0.39 is 0 Å². The van der Waals surface area contributed by atoms with Crippen LogP contribution in [0.15, 0.2) is 24.3 Å². The van der Waals surface area contributed by atoms with Gasteiger partial charge in [0, 0.05) is 13.0 Å². The maximum atomic E-state index is 5.19. The number of hydrogen-bond donors (Lipinski definition) is 1. The summed E-state index contributed by atoms with van der Waals surface area (Å²) in [5.41, 5.74) is 1.07. The van der Waals surface area contributed by atoms with Gasteiger partial charge >= 0.3 is 0 Å². The first-order valence-electron chi connectivity index (χ1n) is 5.43. The fourth-order valence-corrected chi connectivity index (χ4v) is 2.39. The van der Waals surface area contributed by atoms with Crippen molar-refractivity contribution in [1.29, 1.82) is 0 Å². The Labute approximate surface area is 99.7 Å². The predicted molar refractivity (Wildman–Crippen MR) is 70.8 cm³/mol. The monoisotopic (exact) mass is 230 g/mol. The molecule has 0 atom stereocenters. The summed E-state index contributed by atoms with van der Waals surface area (Å²) < 4.78 is 1.23. The highest BCUT2D eigenvalue weighted by atomic mass is 32.1. The highest BCUT2D eigenvalue weighted by molar-refractivity contribution is 7.22. The molecular formula is C13H14N2S. The first-order chi connectivity index (χ1) is 7.90. The molecule has 0 radical (unpaired) electrons. The standard InChI is InChI=1S/C13H14N2S/c1-2-3-4-7-10-14-13-15-11-8-5-6-9-12(11)16-13/h1,5-6,8-9H,3-4,7,10H2,(H,14,15). The Morgan fingerprint density at radius 1 is 1.31 bits per heavy atom. The lowest BCUT2D eigenvalue weighted by Gasteiger charge is -1.99. The summed E-state index contributed by atoms with van der Waals surface area (Å²) in [4.78, 5) is 4.50. The van der Waals surface area contributed by atoms with E-state index in [0.29, 0.717) is 0 Å². The van der Waals surface area contributed by atoms with Crippen LogP contribution in [0.5, 0.6) is 0 Å². The Morgan fingerprint density at radius 2 is 2.19 bits per heavy atom. The Balaban J connectivity index is 1.88. The molecule has 0 unspecified atom stereocenters. The molecule has 1 aromatic carbocycles. The molecule has 0 aliphatic carbocycles. The van der Waals surface area contributed by atoms with Crippen molar-refractivity contribution in [1.82, 2.24) is 4.98 Å². The van der Waals surface area contributed by atoms with Gasteiger partial charge in [-0.15, -0.1) is 12.3 Å². The maximum Gasteiger partial charge on any atom is 0.183 e. The summed E-state index contributed by atoms with van der Waals surface area (Å²) >= 11 is 1.70. The second-order valence-electron chi connectivity index (χ2n) is 3.57. The number of rotatable bonds is 5. The van der Waals surface area contributed by atoms with Gasteiger partial charge in [-0.2, -0.15) is 0 Å². The first kappa shape index (κ1) is 11.0. The smallest absolute Gasteiger partial charge is 0.183 e. The number of terminal acetylenes is 1. The zero-order valence-corrected chi connectivity index (χ0v) is 9.89. The summed E-state index contributed by atoms with van der Waals surface area (Å²) in [5, 5.41) is 4.33. The summed E-state index contributed by atoms with van der Waals surface area (Å²) in [5.74, 6) is 2.65. The van der Waals surface area contributed by atoms with Gasteiger partial charge in [0.1, 0.15) is 0 Å². The molecule has 0 bridgehead atoms. The lowest BCUT2D eigenvalue weighted by atomic mass is 10.2. The molecule has 0 amide bonds. The molecule has 0 fully saturated rings. The second kappa shape index (κ2) is 5.53. The van der Waals surface area contributed by atoms with Crippen molar-refractivity contribution in [2.24, 2.45) is 0 Å². The van der Waals surface area contributed by atoms with Gasteiger partial charge in [0.2, 0.25) is 0 Å². The van der Waals surface area contributed by atoms with Crippen LogP contribution >= 0.6 is 11.3 Å². The number of hydrogen-bond acceptors (Lipinski definition) is 3. The van der Waals surface area contributed by atoms with Crippen molar-refractivity contribution in [3.8, 4) is 12.3 Å². The highest BCUT2D eigenvalue weighted by Crippen LogP contribution is 2.25. The number of para-hydroxylation sites is 1. The normalized spacial score (nSPS) is 10.2. The third-order valence-electron chi connectivity index (χ3n) is 2.32. The van der Waals surface area contributed by atoms with Gasteiger partial charge < -0.3 is 5.32 Å². The van der Waals surface area contributed by atoms with Crippen LogP contribution in [0.2, 0.25) is 0 Å². The molecule has 0 aliphatic rings. The van der Waals surface area contributed by atoms with E-state index in [1.54, 1.807) is 11.3 Å². The van der Waals surface area contributed by atoms with Crippen LogP contribution in [0.4, 0.5) is 5.13 Å². The SMILES string of the molecule is C#CCCCCNc1nc2ccccc2s1. The lowest BCUT2D eigenvalue weighted by Crippen LogP contribution is -2.00. The number of thiazole rings is 1. The Morgan fingerprint density at radius 3 is 3.00 bits per heavy atom. The van der Waals surface area contributed by atoms with E-state index in [9.17, 15) is 0 Å². The molecular weight excluding hydrogens is 216 g/mol. The summed E-state index contributed by atoms with van der Waals surface area (Å²) in [7, 11) is 0. The average Bonchev–Trinajstić information content (AvgIpc) is 2.71. The van der Waals surface area contributed by atoms with Crippen molar-refractivity contribution in [3.05, 3.63) is 24.3 Å². The highest BCUT2D eigenvalue weighted by Gasteiger charge is 2.01. The number of fused-ring (bicyclic) bond motifs is 1. The van der Waals surface area contributed by atoms with Gasteiger partial charge in [-0.3, -0.25) is 0 Å². The number of anilines is 1. The van der Waals surface area contributed by atoms with E-state index in [-0.39, 0.29) is 0 Å². The molecule has 2 rings (SSSR count). The van der Waals surface area contributed by atoms with Gasteiger partial charge in [-0.1, -0.05) is 23.5 Å². The molecule has 1 aromatic heterocycles. The van der Waals surface area contributed by atoms with Crippen LogP contribution in [-0.4, -0.2) is 11.5 Å². The zero-order valence-electron chi connectivity index (χ0n) is 9.07. The average molecular weight is 230 g/mol. The largest absolute Gasteiger partial charge is 0.361 e. The van der Waals surface area contributed by atoms with Gasteiger partial charge in [0.05, 0.1) is 10.2 Å². The minimum atomic E-state index is 0.863. The zero-order chi connectivity index (χ0) is 11.2. The summed E-state index contributed by atoms with van der Waals surface area (Å²) in [6, 6.07) is 8.18. The number of aromatic nitrogens is 1. The Bertz CT molecular complexity index is 463. The van der Waals surface area contributed by atoms with Crippen LogP contribution in [0.3, 0.4) is 0 Å². The molecule has 0 spiro atoms. The molecule has 82 valence electrons.